The fourth-order valence-electron chi connectivity index (χ4n) is 12.9. The first kappa shape index (κ1) is 82.3. The Morgan fingerprint density at radius 1 is 0.537 bits per heavy atom. The lowest BCUT2D eigenvalue weighted by molar-refractivity contribution is -0.401. The van der Waals surface area contributed by atoms with Gasteiger partial charge in [-0.3, -0.25) is 18.9 Å². The summed E-state index contributed by atoms with van der Waals surface area (Å²) in [5, 5.41) is 5.32. The number of anilines is 1. The van der Waals surface area contributed by atoms with Crippen molar-refractivity contribution < 1.29 is 61.2 Å². The first-order chi connectivity index (χ1) is 46.0. The summed E-state index contributed by atoms with van der Waals surface area (Å²) < 4.78 is 46.9. The number of phosphoric acid groups is 1. The molecule has 2 amide bonds. The maximum Gasteiger partial charge on any atom is 0.407 e. The van der Waals surface area contributed by atoms with Crippen LogP contribution >= 0.6 is 7.82 Å². The maximum atomic E-state index is 12.9. The van der Waals surface area contributed by atoms with Gasteiger partial charge < -0.3 is 48.4 Å². The zero-order valence-electron chi connectivity index (χ0n) is 60.1. The molecule has 0 fully saturated rings. The SMILES string of the molecule is CCCCCCCCCCCCCCCCCC(=O)OCC(COP(=O)([O-])OCCNC(=O)OCCOCCNC(=O)CCCCCN1/C(=C/C=C/C=C\C2=[N+](C)c3ccccc3C2(C)C)C(C)(C)c2ccccc21)OC(=O)CCCCCCCCCCCCCCCCC. The van der Waals surface area contributed by atoms with E-state index in [0.717, 1.165) is 64.3 Å². The topological polar surface area (TPSA) is 194 Å². The molecular weight excluding hydrogens is 1220 g/mol. The van der Waals surface area contributed by atoms with Crippen molar-refractivity contribution in [3.8, 4) is 0 Å². The number of rotatable bonds is 57. The highest BCUT2D eigenvalue weighted by Gasteiger charge is 2.43. The van der Waals surface area contributed by atoms with Crippen LogP contribution in [0.15, 0.2) is 84.6 Å². The van der Waals surface area contributed by atoms with Gasteiger partial charge >= 0.3 is 18.0 Å². The molecule has 0 radical (unpaired) electrons. The molecule has 17 heteroatoms. The van der Waals surface area contributed by atoms with Gasteiger partial charge in [0.2, 0.25) is 11.6 Å². The van der Waals surface area contributed by atoms with Crippen LogP contribution in [0.4, 0.5) is 16.2 Å². The lowest BCUT2D eigenvalue weighted by Gasteiger charge is -2.27. The second-order valence-electron chi connectivity index (χ2n) is 27.3. The predicted molar refractivity (Wildman–Crippen MR) is 385 cm³/mol. The van der Waals surface area contributed by atoms with E-state index in [4.69, 9.17) is 28.0 Å². The third-order valence-corrected chi connectivity index (χ3v) is 19.5. The maximum absolute atomic E-state index is 12.9. The average Bonchev–Trinajstić information content (AvgIpc) is 1.62. The number of amides is 2. The first-order valence-electron chi connectivity index (χ1n) is 37.3. The Morgan fingerprint density at radius 2 is 1.04 bits per heavy atom. The van der Waals surface area contributed by atoms with Crippen LogP contribution in [0.1, 0.15) is 284 Å². The number of para-hydroxylation sites is 2. The zero-order valence-corrected chi connectivity index (χ0v) is 61.0. The van der Waals surface area contributed by atoms with Crippen molar-refractivity contribution in [2.75, 3.05) is 71.2 Å². The highest BCUT2D eigenvalue weighted by Crippen LogP contribution is 2.48. The average molecular weight is 1340 g/mol. The second kappa shape index (κ2) is 49.4. The molecule has 2 aliphatic heterocycles. The smallest absolute Gasteiger partial charge is 0.407 e. The van der Waals surface area contributed by atoms with E-state index >= 15 is 0 Å². The molecule has 0 saturated carbocycles. The third kappa shape index (κ3) is 34.3. The van der Waals surface area contributed by atoms with Crippen molar-refractivity contribution in [1.29, 1.82) is 0 Å². The minimum absolute atomic E-state index is 0.0504. The van der Waals surface area contributed by atoms with Crippen molar-refractivity contribution >= 4 is 48.8 Å². The van der Waals surface area contributed by atoms with Crippen molar-refractivity contribution in [2.45, 2.75) is 290 Å². The molecule has 0 aromatic heterocycles. The number of allylic oxidation sites excluding steroid dienone is 6. The van der Waals surface area contributed by atoms with Gasteiger partial charge in [-0.05, 0) is 57.2 Å². The first-order valence-corrected chi connectivity index (χ1v) is 38.8. The molecule has 0 aliphatic carbocycles. The summed E-state index contributed by atoms with van der Waals surface area (Å²) >= 11 is 0. The van der Waals surface area contributed by atoms with E-state index in [-0.39, 0.29) is 62.6 Å². The third-order valence-electron chi connectivity index (χ3n) is 18.5. The molecule has 536 valence electrons. The molecule has 2 aliphatic rings. The van der Waals surface area contributed by atoms with Crippen LogP contribution < -0.4 is 20.4 Å². The van der Waals surface area contributed by atoms with Gasteiger partial charge in [-0.2, -0.15) is 4.58 Å². The summed E-state index contributed by atoms with van der Waals surface area (Å²) in [6, 6.07) is 17.2. The van der Waals surface area contributed by atoms with E-state index in [1.54, 1.807) is 0 Å². The number of esters is 2. The van der Waals surface area contributed by atoms with E-state index in [0.29, 0.717) is 25.8 Å². The van der Waals surface area contributed by atoms with Gasteiger partial charge in [0.05, 0.1) is 31.8 Å². The van der Waals surface area contributed by atoms with Gasteiger partial charge in [-0.15, -0.1) is 0 Å². The second-order valence-corrected chi connectivity index (χ2v) is 28.7. The largest absolute Gasteiger partial charge is 0.756 e. The molecule has 2 atom stereocenters. The predicted octanol–water partition coefficient (Wildman–Crippen LogP) is 18.4. The van der Waals surface area contributed by atoms with Gasteiger partial charge in [-0.25, -0.2) is 4.79 Å². The van der Waals surface area contributed by atoms with Crippen LogP contribution in [0.5, 0.6) is 0 Å². The Balaban J connectivity index is 1.06. The molecule has 2 unspecified atom stereocenters. The number of hydrogen-bond acceptors (Lipinski definition) is 13. The number of benzene rings is 2. The normalized spacial score (nSPS) is 15.4. The quantitative estimate of drug-likeness (QED) is 0.0159. The Hall–Kier alpha value is -5.12. The lowest BCUT2D eigenvalue weighted by atomic mass is 9.81. The molecule has 2 aromatic carbocycles. The van der Waals surface area contributed by atoms with E-state index < -0.39 is 45.2 Å². The number of hydrogen-bond donors (Lipinski definition) is 2. The van der Waals surface area contributed by atoms with E-state index in [9.17, 15) is 28.6 Å². The highest BCUT2D eigenvalue weighted by molar-refractivity contribution is 7.45. The summed E-state index contributed by atoms with van der Waals surface area (Å²) in [6.07, 6.45) is 48.5. The molecule has 16 nitrogen and oxygen atoms in total. The lowest BCUT2D eigenvalue weighted by Crippen LogP contribution is -2.31. The van der Waals surface area contributed by atoms with Gasteiger partial charge in [0.25, 0.3) is 7.82 Å². The molecule has 0 bridgehead atoms. The van der Waals surface area contributed by atoms with Crippen LogP contribution in [-0.2, 0) is 57.8 Å². The van der Waals surface area contributed by atoms with Gasteiger partial charge in [0.1, 0.15) is 20.3 Å². The van der Waals surface area contributed by atoms with Crippen LogP contribution in [0.25, 0.3) is 0 Å². The zero-order chi connectivity index (χ0) is 68.7. The number of unbranched alkanes of at least 4 members (excludes halogenated alkanes) is 30. The van der Waals surface area contributed by atoms with E-state index in [1.807, 2.05) is 0 Å². The van der Waals surface area contributed by atoms with Gasteiger partial charge in [0, 0.05) is 73.4 Å². The monoisotopic (exact) mass is 1340 g/mol. The van der Waals surface area contributed by atoms with Crippen LogP contribution in [-0.4, -0.2) is 107 Å². The van der Waals surface area contributed by atoms with Crippen molar-refractivity contribution in [2.24, 2.45) is 0 Å². The molecule has 2 heterocycles. The number of carbonyl (C=O) groups is 4. The van der Waals surface area contributed by atoms with Crippen LogP contribution in [0, 0.1) is 0 Å². The fourth-order valence-corrected chi connectivity index (χ4v) is 13.6. The van der Waals surface area contributed by atoms with Crippen molar-refractivity contribution in [1.82, 2.24) is 10.6 Å². The minimum atomic E-state index is -4.92. The number of ether oxygens (including phenoxy) is 4. The number of phosphoric ester groups is 1. The summed E-state index contributed by atoms with van der Waals surface area (Å²) in [6.45, 7) is 13.4. The highest BCUT2D eigenvalue weighted by atomic mass is 31.2. The Bertz CT molecular complexity index is 2650. The number of alkyl carbamates (subject to hydrolysis) is 1. The summed E-state index contributed by atoms with van der Waals surface area (Å²) in [7, 11) is -2.78. The molecule has 4 rings (SSSR count). The molecule has 0 saturated heterocycles. The summed E-state index contributed by atoms with van der Waals surface area (Å²) in [5.41, 5.74) is 7.38. The van der Waals surface area contributed by atoms with Crippen molar-refractivity contribution in [3.63, 3.8) is 0 Å². The number of nitrogens with one attached hydrogen (secondary N) is 2. The van der Waals surface area contributed by atoms with E-state index in [1.165, 1.54) is 175 Å². The van der Waals surface area contributed by atoms with Crippen LogP contribution in [0.2, 0.25) is 0 Å². The minimum Gasteiger partial charge on any atom is -0.756 e. The van der Waals surface area contributed by atoms with E-state index in [2.05, 4.69) is 148 Å². The molecule has 2 aromatic rings. The van der Waals surface area contributed by atoms with Crippen LogP contribution in [0.3, 0.4) is 0 Å². The number of fused-ring (bicyclic) bond motifs is 2. The Kier molecular flexibility index (Phi) is 42.8. The number of nitrogens with zero attached hydrogens (tertiary/aromatic N) is 2. The molecule has 2 N–H and O–H groups in total. The Morgan fingerprint density at radius 3 is 1.62 bits per heavy atom. The summed E-state index contributed by atoms with van der Waals surface area (Å²) in [4.78, 5) is 65.9. The summed E-state index contributed by atoms with van der Waals surface area (Å²) in [5.74, 6) is -1.01. The molecule has 0 spiro atoms. The standard InChI is InChI=1S/C78H127N4O12P/c1-8-10-12-14-16-18-20-22-24-26-28-30-32-34-41-55-74(84)91-64-66(94-75(85)56-42-35-33-31-29-27-25-23-21-19-17-15-13-11-9-2)65-93-95(87,88)92-61-58-80-76(86)90-63-62-89-60-57-79-73(83)54-40-37-47-59-82-70-51-46-44-49-68(70)78(5,6)72(82)53-39-36-38-52-71-77(3,4)67-48-43-45-50-69(67)81(71)7/h36,38-39,43-46,48-53,66H,8-35,37,40-42,47,54-65H2,1-7H3,(H2-,79,80,83,86,87,88). The van der Waals surface area contributed by atoms with Gasteiger partial charge in [-0.1, -0.05) is 269 Å². The number of carbonyl (C=O) groups excluding carboxylic acids is 4. The fraction of sp³-hybridized carbons (Fsp3) is 0.705. The Labute approximate surface area is 574 Å². The molecule has 95 heavy (non-hydrogen) atoms. The van der Waals surface area contributed by atoms with Crippen molar-refractivity contribution in [3.05, 3.63) is 95.7 Å². The van der Waals surface area contributed by atoms with Gasteiger partial charge in [0.15, 0.2) is 11.8 Å². The molecular formula is C78H127N4O12P.